The molecular formula is C51H34N12. The minimum atomic E-state index is -0.537. The third-order valence-electron chi connectivity index (χ3n) is 12.2. The van der Waals surface area contributed by atoms with Crippen LogP contribution < -0.4 is 10.0 Å². The van der Waals surface area contributed by atoms with Crippen LogP contribution in [-0.2, 0) is 6.42 Å². The fourth-order valence-corrected chi connectivity index (χ4v) is 9.69. The first-order valence-corrected chi connectivity index (χ1v) is 20.8. The normalized spacial score (nSPS) is 14.5. The predicted octanol–water partition coefficient (Wildman–Crippen LogP) is 10.6. The maximum atomic E-state index is 5.57. The van der Waals surface area contributed by atoms with Gasteiger partial charge in [-0.25, -0.2) is 25.0 Å². The second-order valence-corrected chi connectivity index (χ2v) is 15.7. The molecule has 12 heteroatoms. The van der Waals surface area contributed by atoms with Gasteiger partial charge in [0.05, 0.1) is 40.2 Å². The zero-order chi connectivity index (χ0) is 41.4. The van der Waals surface area contributed by atoms with E-state index in [2.05, 4.69) is 156 Å². The van der Waals surface area contributed by atoms with Crippen molar-refractivity contribution in [2.45, 2.75) is 12.5 Å². The van der Waals surface area contributed by atoms with Crippen molar-refractivity contribution in [2.24, 2.45) is 4.99 Å². The Kier molecular flexibility index (Phi) is 7.73. The van der Waals surface area contributed by atoms with Crippen LogP contribution in [0, 0.1) is 0 Å². The van der Waals surface area contributed by atoms with Crippen LogP contribution in [-0.4, -0.2) is 50.2 Å². The minimum Gasteiger partial charge on any atom is -0.360 e. The maximum absolute atomic E-state index is 5.57. The molecule has 0 radical (unpaired) electrons. The zero-order valence-corrected chi connectivity index (χ0v) is 33.5. The number of anilines is 3. The summed E-state index contributed by atoms with van der Waals surface area (Å²) >= 11 is 0. The van der Waals surface area contributed by atoms with Crippen LogP contribution in [0.1, 0.15) is 28.4 Å². The summed E-state index contributed by atoms with van der Waals surface area (Å²) in [6, 6.07) is 41.4. The van der Waals surface area contributed by atoms with Crippen LogP contribution in [0.3, 0.4) is 0 Å². The van der Waals surface area contributed by atoms with Crippen LogP contribution in [0.2, 0.25) is 0 Å². The lowest BCUT2D eigenvalue weighted by Gasteiger charge is -2.33. The Morgan fingerprint density at radius 2 is 1.52 bits per heavy atom. The largest absolute Gasteiger partial charge is 0.360 e. The lowest BCUT2D eigenvalue weighted by atomic mass is 9.79. The summed E-state index contributed by atoms with van der Waals surface area (Å²) in [5, 5.41) is 17.0. The monoisotopic (exact) mass is 814 g/mol. The van der Waals surface area contributed by atoms with Crippen molar-refractivity contribution in [1.82, 2.24) is 44.5 Å². The number of hydrogen-bond donors (Lipinski definition) is 2. The summed E-state index contributed by atoms with van der Waals surface area (Å²) in [6.07, 6.45) is 17.4. The van der Waals surface area contributed by atoms with Gasteiger partial charge >= 0.3 is 0 Å². The van der Waals surface area contributed by atoms with E-state index in [4.69, 9.17) is 25.0 Å². The van der Waals surface area contributed by atoms with Crippen molar-refractivity contribution in [2.75, 3.05) is 10.0 Å². The highest BCUT2D eigenvalue weighted by Gasteiger charge is 2.48. The van der Waals surface area contributed by atoms with E-state index in [0.717, 1.165) is 94.6 Å². The number of hydrazine groups is 1. The Morgan fingerprint density at radius 3 is 2.38 bits per heavy atom. The topological polar surface area (TPSA) is 132 Å². The number of fused-ring (bicyclic) bond motifs is 5. The summed E-state index contributed by atoms with van der Waals surface area (Å²) < 4.78 is 2.17. The molecule has 1 unspecified atom stereocenters. The van der Waals surface area contributed by atoms with Crippen LogP contribution >= 0.6 is 0 Å². The van der Waals surface area contributed by atoms with Crippen molar-refractivity contribution in [1.29, 1.82) is 0 Å². The first-order valence-electron chi connectivity index (χ1n) is 20.8. The van der Waals surface area contributed by atoms with Crippen molar-refractivity contribution >= 4 is 56.0 Å². The Bertz CT molecular complexity index is 3540. The van der Waals surface area contributed by atoms with Gasteiger partial charge in [-0.1, -0.05) is 66.7 Å². The molecule has 0 saturated carbocycles. The molecule has 13 rings (SSSR count). The summed E-state index contributed by atoms with van der Waals surface area (Å²) in [5.74, 6) is 1.04. The number of benzene rings is 4. The molecule has 0 saturated heterocycles. The molecule has 2 aliphatic rings. The third-order valence-corrected chi connectivity index (χ3v) is 12.2. The van der Waals surface area contributed by atoms with Gasteiger partial charge in [-0.2, -0.15) is 10.2 Å². The predicted molar refractivity (Wildman–Crippen MR) is 246 cm³/mol. The van der Waals surface area contributed by atoms with E-state index >= 15 is 0 Å². The number of nitrogens with zero attached hydrogens (tertiary/aromatic N) is 10. The first-order chi connectivity index (χ1) is 31.3. The molecule has 11 aromatic rings. The number of hydrogen-bond acceptors (Lipinski definition) is 9. The Morgan fingerprint density at radius 1 is 0.667 bits per heavy atom. The molecule has 9 heterocycles. The lowest BCUT2D eigenvalue weighted by Crippen LogP contribution is -2.39. The quantitative estimate of drug-likeness (QED) is 0.163. The van der Waals surface area contributed by atoms with E-state index in [-0.39, 0.29) is 0 Å². The van der Waals surface area contributed by atoms with E-state index in [1.165, 1.54) is 0 Å². The average Bonchev–Trinajstić information content (AvgIpc) is 4.20. The first kappa shape index (κ1) is 35.0. The third kappa shape index (κ3) is 5.37. The smallest absolute Gasteiger partial charge is 0.249 e. The van der Waals surface area contributed by atoms with Gasteiger partial charge in [0, 0.05) is 106 Å². The Balaban J connectivity index is 1.30. The van der Waals surface area contributed by atoms with Gasteiger partial charge in [0.1, 0.15) is 6.04 Å². The highest BCUT2D eigenvalue weighted by Crippen LogP contribution is 2.60. The van der Waals surface area contributed by atoms with Gasteiger partial charge in [0.25, 0.3) is 0 Å². The fourth-order valence-electron chi connectivity index (χ4n) is 9.69. The van der Waals surface area contributed by atoms with E-state index in [0.29, 0.717) is 23.9 Å². The number of nitrogens with one attached hydrogen (secondary N) is 2. The molecule has 298 valence electrons. The second-order valence-electron chi connectivity index (χ2n) is 15.7. The van der Waals surface area contributed by atoms with Gasteiger partial charge in [-0.05, 0) is 70.9 Å². The number of H-pyrrole nitrogens is 2. The molecule has 2 aliphatic heterocycles. The number of pyridine rings is 1. The van der Waals surface area contributed by atoms with E-state index in [1.807, 2.05) is 18.2 Å². The molecule has 0 fully saturated rings. The molecule has 2 N–H and O–H groups in total. The van der Waals surface area contributed by atoms with Crippen molar-refractivity contribution in [3.63, 3.8) is 0 Å². The zero-order valence-electron chi connectivity index (χ0n) is 33.5. The Labute approximate surface area is 359 Å². The average molecular weight is 815 g/mol. The minimum absolute atomic E-state index is 0.446. The molecule has 0 amide bonds. The molecule has 63 heavy (non-hydrogen) atoms. The van der Waals surface area contributed by atoms with Gasteiger partial charge in [-0.15, -0.1) is 0 Å². The molecule has 4 aromatic carbocycles. The van der Waals surface area contributed by atoms with Crippen LogP contribution in [0.25, 0.3) is 60.8 Å². The van der Waals surface area contributed by atoms with Gasteiger partial charge in [0.2, 0.25) is 5.95 Å². The van der Waals surface area contributed by atoms with E-state index in [9.17, 15) is 0 Å². The van der Waals surface area contributed by atoms with Gasteiger partial charge < -0.3 is 14.4 Å². The van der Waals surface area contributed by atoms with Crippen LogP contribution in [0.15, 0.2) is 182 Å². The number of aliphatic imine (C=N–C) groups is 1. The molecular weight excluding hydrogens is 781 g/mol. The molecule has 0 aliphatic carbocycles. The number of para-hydroxylation sites is 2. The molecule has 0 bridgehead atoms. The molecule has 1 atom stereocenters. The molecule has 0 spiro atoms. The van der Waals surface area contributed by atoms with E-state index < -0.39 is 6.04 Å². The number of aromatic nitrogens is 9. The molecule has 12 nitrogen and oxygen atoms in total. The van der Waals surface area contributed by atoms with Gasteiger partial charge in [-0.3, -0.25) is 9.98 Å². The lowest BCUT2D eigenvalue weighted by molar-refractivity contribution is 0.724. The van der Waals surface area contributed by atoms with Crippen molar-refractivity contribution in [3.8, 4) is 33.6 Å². The van der Waals surface area contributed by atoms with E-state index in [1.54, 1.807) is 37.2 Å². The summed E-state index contributed by atoms with van der Waals surface area (Å²) in [5.41, 5.74) is 14.3. The SMILES string of the molecule is c1cnc(N2c3c(-c4cccnn4)c(-c4ccn5ccccc45)c(-c4[nH]cc5ccccc45)c(C4=Nc5ccccc5C4)c3C(c3cc4ccccc4[nH]3)N2c2cnccn2)nc1. The molecule has 7 aromatic heterocycles. The second kappa shape index (κ2) is 13.9. The number of aromatic amines is 2. The standard InChI is InChI=1S/C51H34N12/c1-4-14-34-33(13-1)29-56-48(34)46-43(35-19-26-61-25-8-7-18-41(35)61)45(38-17-9-22-57-60-38)50-47(44(46)39-27-31-11-2-5-15-36(31)58-39)49(40-28-32-12-3-6-16-37(32)59-40)62(42-30-52-23-24-53-42)63(50)51-54-20-10-21-55-51/h1-26,28-30,49,56,59H,27H2. The highest BCUT2D eigenvalue weighted by atomic mass is 15.7. The van der Waals surface area contributed by atoms with Crippen LogP contribution in [0.4, 0.5) is 23.1 Å². The van der Waals surface area contributed by atoms with Gasteiger partial charge in [0.15, 0.2) is 5.82 Å². The summed E-state index contributed by atoms with van der Waals surface area (Å²) in [4.78, 5) is 32.9. The van der Waals surface area contributed by atoms with Crippen molar-refractivity contribution in [3.05, 3.63) is 199 Å². The summed E-state index contributed by atoms with van der Waals surface area (Å²) in [6.45, 7) is 0. The fraction of sp³-hybridized carbons (Fsp3) is 0.0392. The Hall–Kier alpha value is -8.77. The maximum Gasteiger partial charge on any atom is 0.249 e. The van der Waals surface area contributed by atoms with Crippen molar-refractivity contribution < 1.29 is 0 Å². The summed E-state index contributed by atoms with van der Waals surface area (Å²) in [7, 11) is 0. The van der Waals surface area contributed by atoms with Crippen LogP contribution in [0.5, 0.6) is 0 Å². The number of rotatable bonds is 7. The highest BCUT2D eigenvalue weighted by molar-refractivity contribution is 6.21.